The molecule has 1 heterocycles. The average molecular weight is 126 g/mol. The van der Waals surface area contributed by atoms with Crippen molar-refractivity contribution in [3.05, 3.63) is 0 Å². The summed E-state index contributed by atoms with van der Waals surface area (Å²) in [6.07, 6.45) is 6.71. The van der Waals surface area contributed by atoms with Crippen LogP contribution in [0.4, 0.5) is 0 Å². The lowest BCUT2D eigenvalue weighted by Gasteiger charge is -2.13. The van der Waals surface area contributed by atoms with E-state index in [2.05, 4.69) is 4.90 Å². The summed E-state index contributed by atoms with van der Waals surface area (Å²) in [5.41, 5.74) is 0. The normalized spacial score (nSPS) is 21.1. The fourth-order valence-corrected chi connectivity index (χ4v) is 1.22. The Kier molecular flexibility index (Phi) is 2.55. The quantitative estimate of drug-likeness (QED) is 0.418. The van der Waals surface area contributed by atoms with Gasteiger partial charge < -0.3 is 4.90 Å². The van der Waals surface area contributed by atoms with Crippen molar-refractivity contribution in [1.29, 1.82) is 5.41 Å². The van der Waals surface area contributed by atoms with Gasteiger partial charge in [-0.15, -0.1) is 0 Å². The largest absolute Gasteiger partial charge is 0.363 e. The summed E-state index contributed by atoms with van der Waals surface area (Å²) in [5, 5.41) is 7.00. The lowest BCUT2D eigenvalue weighted by Crippen LogP contribution is -2.21. The van der Waals surface area contributed by atoms with Gasteiger partial charge in [0, 0.05) is 13.1 Å². The Bertz CT molecular complexity index is 82.9. The van der Waals surface area contributed by atoms with Gasteiger partial charge in [-0.05, 0) is 12.8 Å². The molecule has 2 heteroatoms. The van der Waals surface area contributed by atoms with Crippen LogP contribution < -0.4 is 0 Å². The van der Waals surface area contributed by atoms with Crippen molar-refractivity contribution in [2.24, 2.45) is 0 Å². The molecule has 0 radical (unpaired) electrons. The third kappa shape index (κ3) is 2.04. The zero-order valence-electron chi connectivity index (χ0n) is 5.77. The highest BCUT2D eigenvalue weighted by atomic mass is 15.1. The summed E-state index contributed by atoms with van der Waals surface area (Å²) in [7, 11) is 0. The highest BCUT2D eigenvalue weighted by Crippen LogP contribution is 2.07. The van der Waals surface area contributed by atoms with Crippen molar-refractivity contribution in [3.8, 4) is 0 Å². The minimum Gasteiger partial charge on any atom is -0.363 e. The van der Waals surface area contributed by atoms with E-state index in [0.29, 0.717) is 0 Å². The van der Waals surface area contributed by atoms with E-state index in [9.17, 15) is 0 Å². The summed E-state index contributed by atoms with van der Waals surface area (Å²) in [4.78, 5) is 2.09. The van der Waals surface area contributed by atoms with Crippen molar-refractivity contribution in [2.75, 3.05) is 13.1 Å². The van der Waals surface area contributed by atoms with E-state index in [0.717, 1.165) is 13.1 Å². The first-order chi connectivity index (χ1) is 4.43. The fourth-order valence-electron chi connectivity index (χ4n) is 1.22. The van der Waals surface area contributed by atoms with Crippen molar-refractivity contribution in [3.63, 3.8) is 0 Å². The van der Waals surface area contributed by atoms with Crippen LogP contribution in [0.3, 0.4) is 0 Å². The fraction of sp³-hybridized carbons (Fsp3) is 0.857. The van der Waals surface area contributed by atoms with E-state index in [4.69, 9.17) is 5.41 Å². The molecule has 0 spiro atoms. The number of likely N-dealkylation sites (tertiary alicyclic amines) is 1. The topological polar surface area (TPSA) is 27.1 Å². The second-order valence-electron chi connectivity index (χ2n) is 2.58. The number of nitrogens with zero attached hydrogens (tertiary/aromatic N) is 1. The smallest absolute Gasteiger partial charge is 0.0817 e. The van der Waals surface area contributed by atoms with Crippen molar-refractivity contribution < 1.29 is 0 Å². The molecule has 0 aromatic heterocycles. The van der Waals surface area contributed by atoms with Gasteiger partial charge in [0.15, 0.2) is 0 Å². The van der Waals surface area contributed by atoms with Crippen LogP contribution in [0.2, 0.25) is 0 Å². The molecule has 0 atom stereocenters. The summed E-state index contributed by atoms with van der Waals surface area (Å²) in [5.74, 6) is 0. The highest BCUT2D eigenvalue weighted by molar-refractivity contribution is 5.50. The minimum absolute atomic E-state index is 1.10. The van der Waals surface area contributed by atoms with Gasteiger partial charge >= 0.3 is 0 Å². The van der Waals surface area contributed by atoms with Crippen molar-refractivity contribution >= 4 is 6.34 Å². The first-order valence-corrected chi connectivity index (χ1v) is 3.68. The lowest BCUT2D eigenvalue weighted by molar-refractivity contribution is 0.445. The molecule has 0 amide bonds. The predicted octanol–water partition coefficient (Wildman–Crippen LogP) is 1.47. The first-order valence-electron chi connectivity index (χ1n) is 3.68. The zero-order valence-corrected chi connectivity index (χ0v) is 5.77. The van der Waals surface area contributed by atoms with Crippen LogP contribution in [0.25, 0.3) is 0 Å². The summed E-state index contributed by atoms with van der Waals surface area (Å²) < 4.78 is 0. The molecular weight excluding hydrogens is 112 g/mol. The van der Waals surface area contributed by atoms with Crippen molar-refractivity contribution in [1.82, 2.24) is 4.90 Å². The van der Waals surface area contributed by atoms with E-state index < -0.39 is 0 Å². The van der Waals surface area contributed by atoms with E-state index >= 15 is 0 Å². The Morgan fingerprint density at radius 1 is 1.00 bits per heavy atom. The molecule has 1 N–H and O–H groups in total. The van der Waals surface area contributed by atoms with Gasteiger partial charge in [-0.1, -0.05) is 12.8 Å². The Morgan fingerprint density at radius 2 is 1.56 bits per heavy atom. The SMILES string of the molecule is N=CN1CCCCCC1. The lowest BCUT2D eigenvalue weighted by atomic mass is 10.2. The molecule has 0 saturated carbocycles. The maximum atomic E-state index is 7.00. The third-order valence-electron chi connectivity index (χ3n) is 1.82. The van der Waals surface area contributed by atoms with E-state index in [-0.39, 0.29) is 0 Å². The highest BCUT2D eigenvalue weighted by Gasteiger charge is 2.02. The molecule has 1 aliphatic heterocycles. The van der Waals surface area contributed by atoms with Gasteiger partial charge in [0.05, 0.1) is 6.34 Å². The number of hydrogen-bond acceptors (Lipinski definition) is 1. The Morgan fingerprint density at radius 3 is 2.00 bits per heavy atom. The molecule has 0 aromatic carbocycles. The summed E-state index contributed by atoms with van der Waals surface area (Å²) in [6.45, 7) is 2.20. The van der Waals surface area contributed by atoms with Gasteiger partial charge in [0.2, 0.25) is 0 Å². The molecule has 0 bridgehead atoms. The first kappa shape index (κ1) is 6.59. The van der Waals surface area contributed by atoms with Crippen LogP contribution in [0.5, 0.6) is 0 Å². The van der Waals surface area contributed by atoms with Gasteiger partial charge in [-0.3, -0.25) is 5.41 Å². The Balaban J connectivity index is 2.26. The maximum Gasteiger partial charge on any atom is 0.0817 e. The summed E-state index contributed by atoms with van der Waals surface area (Å²) >= 11 is 0. The molecule has 0 aliphatic carbocycles. The minimum atomic E-state index is 1.10. The van der Waals surface area contributed by atoms with Crippen LogP contribution in [-0.4, -0.2) is 24.3 Å². The van der Waals surface area contributed by atoms with Crippen LogP contribution in [-0.2, 0) is 0 Å². The van der Waals surface area contributed by atoms with Gasteiger partial charge in [-0.2, -0.15) is 0 Å². The van der Waals surface area contributed by atoms with Crippen molar-refractivity contribution in [2.45, 2.75) is 25.7 Å². The van der Waals surface area contributed by atoms with Gasteiger partial charge in [0.25, 0.3) is 0 Å². The van der Waals surface area contributed by atoms with Crippen LogP contribution in [0.1, 0.15) is 25.7 Å². The summed E-state index contributed by atoms with van der Waals surface area (Å²) in [6, 6.07) is 0. The van der Waals surface area contributed by atoms with Crippen LogP contribution in [0, 0.1) is 5.41 Å². The van der Waals surface area contributed by atoms with E-state index in [1.165, 1.54) is 32.0 Å². The number of rotatable bonds is 1. The van der Waals surface area contributed by atoms with Crippen LogP contribution >= 0.6 is 0 Å². The number of hydrogen-bond donors (Lipinski definition) is 1. The van der Waals surface area contributed by atoms with Crippen LogP contribution in [0.15, 0.2) is 0 Å². The van der Waals surface area contributed by atoms with E-state index in [1.807, 2.05) is 0 Å². The molecule has 1 fully saturated rings. The molecule has 1 rings (SSSR count). The molecule has 2 nitrogen and oxygen atoms in total. The molecule has 52 valence electrons. The average Bonchev–Trinajstić information content (AvgIpc) is 2.13. The second kappa shape index (κ2) is 3.49. The molecule has 1 saturated heterocycles. The molecule has 9 heavy (non-hydrogen) atoms. The molecule has 1 aliphatic rings. The molecule has 0 unspecified atom stereocenters. The zero-order chi connectivity index (χ0) is 6.53. The van der Waals surface area contributed by atoms with Gasteiger partial charge in [0.1, 0.15) is 0 Å². The Hall–Kier alpha value is -0.530. The maximum absolute atomic E-state index is 7.00. The Labute approximate surface area is 56.4 Å². The molecular formula is C7H14N2. The number of nitrogens with one attached hydrogen (secondary N) is 1. The van der Waals surface area contributed by atoms with E-state index in [1.54, 1.807) is 0 Å². The third-order valence-corrected chi connectivity index (χ3v) is 1.82. The van der Waals surface area contributed by atoms with Gasteiger partial charge in [-0.25, -0.2) is 0 Å². The standard InChI is InChI=1S/C7H14N2/c8-7-9-5-3-1-2-4-6-9/h7-8H,1-6H2. The monoisotopic (exact) mass is 126 g/mol. The predicted molar refractivity (Wildman–Crippen MR) is 38.8 cm³/mol. The second-order valence-corrected chi connectivity index (χ2v) is 2.58. The molecule has 0 aromatic rings.